The summed E-state index contributed by atoms with van der Waals surface area (Å²) in [5.74, 6) is 0. The zero-order valence-corrected chi connectivity index (χ0v) is 24.1. The number of nitrogens with zero attached hydrogens (tertiary/aromatic N) is 1. The highest BCUT2D eigenvalue weighted by molar-refractivity contribution is 6.22. The predicted octanol–water partition coefficient (Wildman–Crippen LogP) is 12.0. The van der Waals surface area contributed by atoms with Crippen LogP contribution in [-0.4, -0.2) is 4.98 Å². The normalized spacial score (nSPS) is 13.1. The van der Waals surface area contributed by atoms with E-state index in [9.17, 15) is 0 Å². The Bertz CT molecular complexity index is 2740. The molecule has 9 rings (SSSR count). The molecule has 7 aromatic carbocycles. The molecule has 2 aromatic heterocycles. The van der Waals surface area contributed by atoms with Crippen molar-refractivity contribution in [2.45, 2.75) is 0 Å². The Morgan fingerprint density at radius 2 is 1.09 bits per heavy atom. The number of furan rings is 1. The first-order valence-corrected chi connectivity index (χ1v) is 14.9. The molecule has 0 amide bonds. The summed E-state index contributed by atoms with van der Waals surface area (Å²) in [6, 6.07) is 41.0. The van der Waals surface area contributed by atoms with Crippen LogP contribution in [0.5, 0.6) is 0 Å². The zero-order chi connectivity index (χ0) is 34.1. The van der Waals surface area contributed by atoms with Gasteiger partial charge >= 0.3 is 0 Å². The van der Waals surface area contributed by atoms with Crippen LogP contribution >= 0.6 is 0 Å². The SMILES string of the molecule is [2H]c1c([2H])c([2H])c(-c2c3ccccc3c(-c3cccc(-c4ccc5oc6ccccc6c5c4-c4ccccn4)c3)c3ccccc23)c([2H])c1[2H]. The van der Waals surface area contributed by atoms with E-state index in [0.717, 1.165) is 77.0 Å². The smallest absolute Gasteiger partial charge is 0.136 e. The molecule has 0 aliphatic heterocycles. The molecular weight excluding hydrogens is 546 g/mol. The number of hydrogen-bond donors (Lipinski definition) is 0. The van der Waals surface area contributed by atoms with E-state index in [0.29, 0.717) is 5.56 Å². The third-order valence-electron chi connectivity index (χ3n) is 8.61. The van der Waals surface area contributed by atoms with Gasteiger partial charge in [-0.2, -0.15) is 0 Å². The van der Waals surface area contributed by atoms with Gasteiger partial charge in [-0.1, -0.05) is 121 Å². The Morgan fingerprint density at radius 3 is 1.78 bits per heavy atom. The first-order valence-electron chi connectivity index (χ1n) is 17.4. The van der Waals surface area contributed by atoms with Crippen molar-refractivity contribution in [1.82, 2.24) is 4.98 Å². The largest absolute Gasteiger partial charge is 0.456 e. The van der Waals surface area contributed by atoms with Gasteiger partial charge in [0.25, 0.3) is 0 Å². The zero-order valence-electron chi connectivity index (χ0n) is 29.1. The van der Waals surface area contributed by atoms with Crippen LogP contribution in [0.4, 0.5) is 0 Å². The van der Waals surface area contributed by atoms with Gasteiger partial charge < -0.3 is 4.42 Å². The fourth-order valence-electron chi connectivity index (χ4n) is 6.76. The van der Waals surface area contributed by atoms with Crippen LogP contribution in [0.3, 0.4) is 0 Å². The van der Waals surface area contributed by atoms with E-state index < -0.39 is 6.04 Å². The third-order valence-corrected chi connectivity index (χ3v) is 8.61. The molecule has 0 saturated heterocycles. The second-order valence-electron chi connectivity index (χ2n) is 11.1. The Kier molecular flexibility index (Phi) is 4.78. The predicted molar refractivity (Wildman–Crippen MR) is 188 cm³/mol. The Balaban J connectivity index is 1.35. The van der Waals surface area contributed by atoms with Crippen molar-refractivity contribution in [3.05, 3.63) is 164 Å². The van der Waals surface area contributed by atoms with Crippen LogP contribution in [0.15, 0.2) is 168 Å². The first-order chi connectivity index (χ1) is 24.4. The van der Waals surface area contributed by atoms with Gasteiger partial charge in [0.05, 0.1) is 12.5 Å². The summed E-state index contributed by atoms with van der Waals surface area (Å²) in [5, 5.41) is 5.51. The van der Waals surface area contributed by atoms with Crippen LogP contribution in [0.2, 0.25) is 0 Å². The van der Waals surface area contributed by atoms with Crippen molar-refractivity contribution >= 4 is 43.5 Å². The van der Waals surface area contributed by atoms with Crippen LogP contribution in [0.25, 0.3) is 88.1 Å². The molecule has 2 nitrogen and oxygen atoms in total. The van der Waals surface area contributed by atoms with E-state index in [-0.39, 0.29) is 29.7 Å². The van der Waals surface area contributed by atoms with Crippen molar-refractivity contribution in [1.29, 1.82) is 0 Å². The molecule has 210 valence electrons. The number of para-hydroxylation sites is 1. The van der Waals surface area contributed by atoms with Crippen LogP contribution < -0.4 is 0 Å². The molecule has 0 spiro atoms. The van der Waals surface area contributed by atoms with Crippen molar-refractivity contribution in [3.8, 4) is 44.6 Å². The molecular formula is C43H27NO. The summed E-state index contributed by atoms with van der Waals surface area (Å²) in [6.07, 6.45) is 1.81. The maximum Gasteiger partial charge on any atom is 0.136 e. The highest BCUT2D eigenvalue weighted by Gasteiger charge is 2.20. The van der Waals surface area contributed by atoms with Crippen molar-refractivity contribution in [2.75, 3.05) is 0 Å². The molecule has 0 aliphatic rings. The lowest BCUT2D eigenvalue weighted by molar-refractivity contribution is 0.669. The van der Waals surface area contributed by atoms with E-state index >= 15 is 0 Å². The van der Waals surface area contributed by atoms with Crippen molar-refractivity contribution in [3.63, 3.8) is 0 Å². The van der Waals surface area contributed by atoms with E-state index in [2.05, 4.69) is 36.4 Å². The maximum atomic E-state index is 8.87. The van der Waals surface area contributed by atoms with Gasteiger partial charge in [0.1, 0.15) is 11.2 Å². The van der Waals surface area contributed by atoms with E-state index in [1.54, 1.807) is 0 Å². The number of rotatable bonds is 4. The summed E-state index contributed by atoms with van der Waals surface area (Å²) < 4.78 is 49.1. The highest BCUT2D eigenvalue weighted by atomic mass is 16.3. The number of fused-ring (bicyclic) bond motifs is 5. The minimum atomic E-state index is -0.405. The van der Waals surface area contributed by atoms with Gasteiger partial charge in [-0.3, -0.25) is 4.98 Å². The van der Waals surface area contributed by atoms with Crippen LogP contribution in [-0.2, 0) is 0 Å². The van der Waals surface area contributed by atoms with Gasteiger partial charge in [-0.25, -0.2) is 0 Å². The molecule has 2 heteroatoms. The minimum Gasteiger partial charge on any atom is -0.456 e. The van der Waals surface area contributed by atoms with Gasteiger partial charge in [-0.05, 0) is 91.3 Å². The summed E-state index contributed by atoms with van der Waals surface area (Å²) >= 11 is 0. The molecule has 0 unspecified atom stereocenters. The summed E-state index contributed by atoms with van der Waals surface area (Å²) in [5.41, 5.74) is 8.32. The standard InChI is InChI=1S/C43H27NO/c1-2-13-28(14-3-1)40-32-17-4-6-19-34(32)41(35-20-7-5-18-33(35)40)30-16-12-15-29(27-30)31-24-25-39-43(36-21-8-9-23-38(36)45-39)42(31)37-22-10-11-26-44-37/h1-27H/i1D,2D,3D,13D,14D. The van der Waals surface area contributed by atoms with Crippen molar-refractivity contribution < 1.29 is 11.3 Å². The second kappa shape index (κ2) is 10.3. The summed E-state index contributed by atoms with van der Waals surface area (Å²) in [7, 11) is 0. The van der Waals surface area contributed by atoms with E-state index in [1.165, 1.54) is 0 Å². The second-order valence-corrected chi connectivity index (χ2v) is 11.1. The number of hydrogen-bond acceptors (Lipinski definition) is 2. The Labute approximate surface area is 267 Å². The molecule has 0 radical (unpaired) electrons. The van der Waals surface area contributed by atoms with Crippen molar-refractivity contribution in [2.24, 2.45) is 0 Å². The van der Waals surface area contributed by atoms with E-state index in [1.807, 2.05) is 97.2 Å². The van der Waals surface area contributed by atoms with Gasteiger partial charge in [0, 0.05) is 22.5 Å². The molecule has 0 saturated carbocycles. The summed E-state index contributed by atoms with van der Waals surface area (Å²) in [6.45, 7) is 0. The molecule has 9 aromatic rings. The topological polar surface area (TPSA) is 26.0 Å². The number of pyridine rings is 1. The molecule has 45 heavy (non-hydrogen) atoms. The molecule has 0 atom stereocenters. The molecule has 0 N–H and O–H groups in total. The first kappa shape index (κ1) is 20.8. The third kappa shape index (κ3) is 4.07. The highest BCUT2D eigenvalue weighted by Crippen LogP contribution is 2.46. The van der Waals surface area contributed by atoms with Gasteiger partial charge in [-0.15, -0.1) is 0 Å². The Morgan fingerprint density at radius 1 is 0.467 bits per heavy atom. The molecule has 0 aliphatic carbocycles. The fourth-order valence-corrected chi connectivity index (χ4v) is 6.76. The van der Waals surface area contributed by atoms with Gasteiger partial charge in [0.2, 0.25) is 0 Å². The molecule has 0 bridgehead atoms. The molecule has 2 heterocycles. The average Bonchev–Trinajstić information content (AvgIpc) is 3.55. The fraction of sp³-hybridized carbons (Fsp3) is 0. The number of benzene rings is 7. The lowest BCUT2D eigenvalue weighted by atomic mass is 9.85. The molecule has 0 fully saturated rings. The van der Waals surface area contributed by atoms with Crippen LogP contribution in [0, 0.1) is 0 Å². The van der Waals surface area contributed by atoms with Crippen LogP contribution in [0.1, 0.15) is 6.85 Å². The minimum absolute atomic E-state index is 0.198. The maximum absolute atomic E-state index is 8.87. The lowest BCUT2D eigenvalue weighted by Crippen LogP contribution is -1.92. The lowest BCUT2D eigenvalue weighted by Gasteiger charge is -2.18. The Hall–Kier alpha value is -5.99. The number of aromatic nitrogens is 1. The monoisotopic (exact) mass is 578 g/mol. The average molecular weight is 579 g/mol. The quantitative estimate of drug-likeness (QED) is 0.194. The van der Waals surface area contributed by atoms with Gasteiger partial charge in [0.15, 0.2) is 0 Å². The summed E-state index contributed by atoms with van der Waals surface area (Å²) in [4.78, 5) is 4.79. The van der Waals surface area contributed by atoms with E-state index in [4.69, 9.17) is 16.3 Å².